The topological polar surface area (TPSA) is 46.1 Å². The molecule has 6 heteroatoms. The van der Waals surface area contributed by atoms with Crippen molar-refractivity contribution in [2.75, 3.05) is 14.1 Å². The van der Waals surface area contributed by atoms with Gasteiger partial charge in [0.15, 0.2) is 0 Å². The molecular formula is C11H13Cl2N3O. The van der Waals surface area contributed by atoms with E-state index in [0.29, 0.717) is 5.56 Å². The van der Waals surface area contributed by atoms with Crippen LogP contribution in [0.4, 0.5) is 0 Å². The average Bonchev–Trinajstić information content (AvgIpc) is 2.27. The highest BCUT2D eigenvalue weighted by Crippen LogP contribution is 2.13. The zero-order chi connectivity index (χ0) is 10.8. The Labute approximate surface area is 112 Å². The first-order valence-corrected chi connectivity index (χ1v) is 4.60. The molecule has 4 nitrogen and oxygen atoms in total. The molecule has 0 aliphatic rings. The number of nitrogens with zero attached hydrogens (tertiary/aromatic N) is 3. The molecule has 1 heterocycles. The van der Waals surface area contributed by atoms with E-state index in [9.17, 15) is 4.79 Å². The molecule has 0 fully saturated rings. The quantitative estimate of drug-likeness (QED) is 0.800. The lowest BCUT2D eigenvalue weighted by Gasteiger charge is -2.10. The number of benzene rings is 1. The molecule has 2 rings (SSSR count). The lowest BCUT2D eigenvalue weighted by molar-refractivity contribution is 0.0828. The Morgan fingerprint density at radius 1 is 1.24 bits per heavy atom. The molecule has 2 aromatic rings. The number of hydrogen-bond donors (Lipinski definition) is 0. The number of hydrogen-bond acceptors (Lipinski definition) is 3. The summed E-state index contributed by atoms with van der Waals surface area (Å²) in [6.07, 6.45) is 3.20. The van der Waals surface area contributed by atoms with Crippen LogP contribution in [0.5, 0.6) is 0 Å². The highest BCUT2D eigenvalue weighted by atomic mass is 35.5. The smallest absolute Gasteiger partial charge is 0.253 e. The Bertz CT molecular complexity index is 517. The maximum atomic E-state index is 11.7. The number of fused-ring (bicyclic) bond motifs is 1. The van der Waals surface area contributed by atoms with Crippen LogP contribution in [-0.2, 0) is 0 Å². The van der Waals surface area contributed by atoms with E-state index in [2.05, 4.69) is 9.97 Å². The van der Waals surface area contributed by atoms with E-state index in [1.54, 1.807) is 37.3 Å². The first-order chi connectivity index (χ1) is 7.18. The van der Waals surface area contributed by atoms with Gasteiger partial charge in [-0.15, -0.1) is 24.8 Å². The van der Waals surface area contributed by atoms with Crippen molar-refractivity contribution in [2.45, 2.75) is 0 Å². The summed E-state index contributed by atoms with van der Waals surface area (Å²) in [7, 11) is 3.46. The third kappa shape index (κ3) is 3.28. The van der Waals surface area contributed by atoms with E-state index in [1.165, 1.54) is 6.33 Å². The molecule has 0 unspecified atom stereocenters. The normalized spacial score (nSPS) is 9.06. The van der Waals surface area contributed by atoms with E-state index in [1.807, 2.05) is 6.07 Å². The third-order valence-corrected chi connectivity index (χ3v) is 2.16. The van der Waals surface area contributed by atoms with Crippen molar-refractivity contribution in [3.8, 4) is 0 Å². The van der Waals surface area contributed by atoms with Gasteiger partial charge in [0.1, 0.15) is 6.33 Å². The van der Waals surface area contributed by atoms with E-state index < -0.39 is 0 Å². The lowest BCUT2D eigenvalue weighted by atomic mass is 10.1. The van der Waals surface area contributed by atoms with Crippen molar-refractivity contribution in [3.05, 3.63) is 36.3 Å². The fourth-order valence-electron chi connectivity index (χ4n) is 1.38. The zero-order valence-electron chi connectivity index (χ0n) is 9.45. The minimum Gasteiger partial charge on any atom is -0.345 e. The zero-order valence-corrected chi connectivity index (χ0v) is 11.1. The summed E-state index contributed by atoms with van der Waals surface area (Å²) in [6, 6.07) is 5.41. The second kappa shape index (κ2) is 6.37. The fraction of sp³-hybridized carbons (Fsp3) is 0.182. The van der Waals surface area contributed by atoms with Gasteiger partial charge in [0.05, 0.1) is 5.52 Å². The number of carbonyl (C=O) groups excluding carboxylic acids is 1. The van der Waals surface area contributed by atoms with E-state index >= 15 is 0 Å². The lowest BCUT2D eigenvalue weighted by Crippen LogP contribution is -2.21. The second-order valence-electron chi connectivity index (χ2n) is 3.50. The summed E-state index contributed by atoms with van der Waals surface area (Å²) in [6.45, 7) is 0. The van der Waals surface area contributed by atoms with Gasteiger partial charge in [-0.1, -0.05) is 0 Å². The van der Waals surface area contributed by atoms with Crippen LogP contribution in [0.25, 0.3) is 10.9 Å². The predicted octanol–water partition coefficient (Wildman–Crippen LogP) is 2.18. The van der Waals surface area contributed by atoms with E-state index in [-0.39, 0.29) is 30.7 Å². The molecule has 1 aromatic carbocycles. The molecule has 0 atom stereocenters. The number of carbonyl (C=O) groups is 1. The van der Waals surface area contributed by atoms with Gasteiger partial charge in [0, 0.05) is 31.2 Å². The minimum absolute atomic E-state index is 0. The van der Waals surface area contributed by atoms with Gasteiger partial charge in [0.25, 0.3) is 5.91 Å². The molecule has 1 amide bonds. The first kappa shape index (κ1) is 15.6. The summed E-state index contributed by atoms with van der Waals surface area (Å²) in [5.74, 6) is -0.0132. The largest absolute Gasteiger partial charge is 0.345 e. The molecule has 0 aliphatic carbocycles. The van der Waals surface area contributed by atoms with Crippen LogP contribution in [0.3, 0.4) is 0 Å². The fourth-order valence-corrected chi connectivity index (χ4v) is 1.38. The van der Waals surface area contributed by atoms with E-state index in [4.69, 9.17) is 0 Å². The molecule has 0 saturated heterocycles. The van der Waals surface area contributed by atoms with Crippen LogP contribution in [0.1, 0.15) is 10.4 Å². The van der Waals surface area contributed by atoms with Gasteiger partial charge in [-0.2, -0.15) is 0 Å². The van der Waals surface area contributed by atoms with Crippen molar-refractivity contribution in [1.82, 2.24) is 14.9 Å². The maximum absolute atomic E-state index is 11.7. The summed E-state index contributed by atoms with van der Waals surface area (Å²) in [4.78, 5) is 21.2. The molecule has 0 bridgehead atoms. The Morgan fingerprint density at radius 3 is 2.59 bits per heavy atom. The van der Waals surface area contributed by atoms with Crippen LogP contribution in [0.2, 0.25) is 0 Å². The molecule has 17 heavy (non-hydrogen) atoms. The summed E-state index contributed by atoms with van der Waals surface area (Å²) in [5.41, 5.74) is 1.50. The summed E-state index contributed by atoms with van der Waals surface area (Å²) >= 11 is 0. The Kier molecular flexibility index (Phi) is 5.85. The van der Waals surface area contributed by atoms with Crippen LogP contribution in [0.15, 0.2) is 30.7 Å². The predicted molar refractivity (Wildman–Crippen MR) is 72.1 cm³/mol. The first-order valence-electron chi connectivity index (χ1n) is 4.60. The SMILES string of the molecule is CN(C)C(=O)c1ccc2ncncc2c1.Cl.Cl. The van der Waals surface area contributed by atoms with Gasteiger partial charge in [-0.3, -0.25) is 4.79 Å². The third-order valence-electron chi connectivity index (χ3n) is 2.16. The van der Waals surface area contributed by atoms with Crippen LogP contribution in [0, 0.1) is 0 Å². The average molecular weight is 274 g/mol. The van der Waals surface area contributed by atoms with Crippen LogP contribution < -0.4 is 0 Å². The second-order valence-corrected chi connectivity index (χ2v) is 3.50. The molecule has 0 saturated carbocycles. The highest BCUT2D eigenvalue weighted by molar-refractivity contribution is 5.97. The monoisotopic (exact) mass is 273 g/mol. The van der Waals surface area contributed by atoms with Gasteiger partial charge in [0.2, 0.25) is 0 Å². The molecule has 0 aliphatic heterocycles. The number of rotatable bonds is 1. The molecule has 0 N–H and O–H groups in total. The van der Waals surface area contributed by atoms with Crippen molar-refractivity contribution in [1.29, 1.82) is 0 Å². The molecular weight excluding hydrogens is 261 g/mol. The summed E-state index contributed by atoms with van der Waals surface area (Å²) < 4.78 is 0. The number of aromatic nitrogens is 2. The van der Waals surface area contributed by atoms with Gasteiger partial charge in [-0.05, 0) is 18.2 Å². The molecule has 1 aromatic heterocycles. The molecule has 0 spiro atoms. The van der Waals surface area contributed by atoms with Crippen molar-refractivity contribution in [3.63, 3.8) is 0 Å². The van der Waals surface area contributed by atoms with E-state index in [0.717, 1.165) is 10.9 Å². The van der Waals surface area contributed by atoms with Crippen molar-refractivity contribution in [2.24, 2.45) is 0 Å². The van der Waals surface area contributed by atoms with Crippen molar-refractivity contribution < 1.29 is 4.79 Å². The summed E-state index contributed by atoms with van der Waals surface area (Å²) in [5, 5.41) is 0.880. The number of amides is 1. The highest BCUT2D eigenvalue weighted by Gasteiger charge is 2.08. The molecule has 0 radical (unpaired) electrons. The van der Waals surface area contributed by atoms with Crippen LogP contribution in [-0.4, -0.2) is 34.9 Å². The Balaban J connectivity index is 0.00000128. The Hall–Kier alpha value is -1.39. The maximum Gasteiger partial charge on any atom is 0.253 e. The van der Waals surface area contributed by atoms with Gasteiger partial charge >= 0.3 is 0 Å². The molecule has 92 valence electrons. The van der Waals surface area contributed by atoms with Gasteiger partial charge < -0.3 is 4.90 Å². The van der Waals surface area contributed by atoms with Gasteiger partial charge in [-0.25, -0.2) is 9.97 Å². The minimum atomic E-state index is -0.0132. The van der Waals surface area contributed by atoms with Crippen molar-refractivity contribution >= 4 is 41.6 Å². The van der Waals surface area contributed by atoms with Crippen LogP contribution >= 0.6 is 24.8 Å². The standard InChI is InChI=1S/C11H11N3O.2ClH/c1-14(2)11(15)8-3-4-10-9(5-8)6-12-7-13-10;;/h3-7H,1-2H3;2*1H. The number of halogens is 2. The Morgan fingerprint density at radius 2 is 1.94 bits per heavy atom.